The Balaban J connectivity index is 1.50. The SMILES string of the molecule is C[C@H](NC1CCCC1(C)O)C1(O)CN(C(=O)c2nn(C)c(=O)cc2Nc2ccc(Br)cc2F)C1. The van der Waals surface area contributed by atoms with E-state index in [1.54, 1.807) is 13.0 Å². The Morgan fingerprint density at radius 3 is 2.62 bits per heavy atom. The van der Waals surface area contributed by atoms with Crippen molar-refractivity contribution in [1.82, 2.24) is 20.0 Å². The van der Waals surface area contributed by atoms with Crippen LogP contribution in [-0.4, -0.2) is 67.2 Å². The first-order valence-corrected chi connectivity index (χ1v) is 12.0. The molecular weight excluding hydrogens is 509 g/mol. The van der Waals surface area contributed by atoms with E-state index < -0.39 is 28.5 Å². The molecule has 0 bridgehead atoms. The molecule has 1 saturated heterocycles. The maximum absolute atomic E-state index is 14.3. The van der Waals surface area contributed by atoms with Crippen LogP contribution in [0.2, 0.25) is 0 Å². The number of aliphatic hydroxyl groups is 2. The number of halogens is 2. The zero-order chi connectivity index (χ0) is 24.8. The van der Waals surface area contributed by atoms with Crippen LogP contribution in [0.25, 0.3) is 0 Å². The standard InChI is InChI=1S/C23H29BrFN5O4/c1-13(26-18-5-4-8-22(18,2)33)23(34)11-30(12-23)21(32)20-17(10-19(31)29(3)28-20)27-16-7-6-14(24)9-15(16)25/h6-7,9-10,13,18,26-27,33-34H,4-5,8,11-12H2,1-3H3/t13-,18?,22?/m0/s1. The highest BCUT2D eigenvalue weighted by molar-refractivity contribution is 9.10. The average Bonchev–Trinajstić information content (AvgIpc) is 3.07. The van der Waals surface area contributed by atoms with Gasteiger partial charge in [-0.25, -0.2) is 9.07 Å². The molecule has 4 rings (SSSR count). The van der Waals surface area contributed by atoms with Crippen molar-refractivity contribution >= 4 is 33.2 Å². The number of anilines is 2. The molecule has 1 saturated carbocycles. The lowest BCUT2D eigenvalue weighted by Crippen LogP contribution is -2.72. The molecule has 3 atom stereocenters. The van der Waals surface area contributed by atoms with Crippen molar-refractivity contribution in [3.8, 4) is 0 Å². The molecule has 1 amide bonds. The molecule has 2 fully saturated rings. The van der Waals surface area contributed by atoms with Gasteiger partial charge in [-0.15, -0.1) is 0 Å². The zero-order valence-electron chi connectivity index (χ0n) is 19.3. The molecule has 0 spiro atoms. The van der Waals surface area contributed by atoms with Gasteiger partial charge in [0.15, 0.2) is 5.69 Å². The first-order valence-electron chi connectivity index (χ1n) is 11.2. The summed E-state index contributed by atoms with van der Waals surface area (Å²) in [7, 11) is 1.43. The third-order valence-electron chi connectivity index (χ3n) is 6.90. The van der Waals surface area contributed by atoms with Gasteiger partial charge >= 0.3 is 0 Å². The number of nitrogens with one attached hydrogen (secondary N) is 2. The Morgan fingerprint density at radius 2 is 2.00 bits per heavy atom. The summed E-state index contributed by atoms with van der Waals surface area (Å²) in [5.74, 6) is -1.05. The van der Waals surface area contributed by atoms with E-state index in [1.165, 1.54) is 30.1 Å². The summed E-state index contributed by atoms with van der Waals surface area (Å²) in [5.41, 5.74) is -2.33. The van der Waals surface area contributed by atoms with Gasteiger partial charge in [0.25, 0.3) is 11.5 Å². The summed E-state index contributed by atoms with van der Waals surface area (Å²) in [6.45, 7) is 3.75. The van der Waals surface area contributed by atoms with Crippen molar-refractivity contribution in [3.05, 3.63) is 50.6 Å². The van der Waals surface area contributed by atoms with E-state index in [0.29, 0.717) is 10.9 Å². The van der Waals surface area contributed by atoms with E-state index in [9.17, 15) is 24.2 Å². The molecule has 11 heteroatoms. The van der Waals surface area contributed by atoms with E-state index in [1.807, 2.05) is 6.92 Å². The Bertz CT molecular complexity index is 1160. The van der Waals surface area contributed by atoms with Crippen molar-refractivity contribution in [2.24, 2.45) is 7.05 Å². The summed E-state index contributed by atoms with van der Waals surface area (Å²) in [4.78, 5) is 26.8. The summed E-state index contributed by atoms with van der Waals surface area (Å²) in [6, 6.07) is 5.10. The molecular formula is C23H29BrFN5O4. The monoisotopic (exact) mass is 537 g/mol. The highest BCUT2D eigenvalue weighted by Gasteiger charge is 2.50. The number of hydrogen-bond acceptors (Lipinski definition) is 7. The Morgan fingerprint density at radius 1 is 1.29 bits per heavy atom. The number of hydrogen-bond donors (Lipinski definition) is 4. The predicted molar refractivity (Wildman–Crippen MR) is 129 cm³/mol. The van der Waals surface area contributed by atoms with Crippen LogP contribution in [0, 0.1) is 5.82 Å². The Labute approximate surface area is 205 Å². The number of benzene rings is 1. The van der Waals surface area contributed by atoms with Crippen LogP contribution in [-0.2, 0) is 7.05 Å². The van der Waals surface area contributed by atoms with E-state index in [0.717, 1.165) is 17.5 Å². The molecule has 1 aliphatic heterocycles. The predicted octanol–water partition coefficient (Wildman–Crippen LogP) is 1.89. The summed E-state index contributed by atoms with van der Waals surface area (Å²) >= 11 is 3.20. The van der Waals surface area contributed by atoms with Crippen molar-refractivity contribution in [1.29, 1.82) is 0 Å². The van der Waals surface area contributed by atoms with Gasteiger partial charge in [0.05, 0.1) is 30.1 Å². The van der Waals surface area contributed by atoms with Gasteiger partial charge in [-0.05, 0) is 51.3 Å². The molecule has 1 aliphatic carbocycles. The van der Waals surface area contributed by atoms with Gasteiger partial charge in [0.2, 0.25) is 0 Å². The number of carbonyl (C=O) groups excluding carboxylic acids is 1. The second-order valence-corrected chi connectivity index (χ2v) is 10.5. The van der Waals surface area contributed by atoms with Crippen LogP contribution in [0.3, 0.4) is 0 Å². The second-order valence-electron chi connectivity index (χ2n) is 9.57. The molecule has 0 radical (unpaired) electrons. The molecule has 4 N–H and O–H groups in total. The lowest BCUT2D eigenvalue weighted by molar-refractivity contribution is -0.107. The van der Waals surface area contributed by atoms with Gasteiger partial charge in [-0.1, -0.05) is 15.9 Å². The number of aromatic nitrogens is 2. The fourth-order valence-electron chi connectivity index (χ4n) is 4.58. The van der Waals surface area contributed by atoms with Gasteiger partial charge < -0.3 is 25.7 Å². The largest absolute Gasteiger partial charge is 0.389 e. The minimum absolute atomic E-state index is 0.0502. The normalized spacial score (nSPS) is 24.6. The van der Waals surface area contributed by atoms with Crippen molar-refractivity contribution < 1.29 is 19.4 Å². The number of nitrogens with zero attached hydrogens (tertiary/aromatic N) is 3. The Kier molecular flexibility index (Phi) is 6.58. The topological polar surface area (TPSA) is 120 Å². The minimum Gasteiger partial charge on any atom is -0.389 e. The van der Waals surface area contributed by atoms with Crippen molar-refractivity contribution in [2.45, 2.75) is 56.4 Å². The molecule has 1 aromatic heterocycles. The molecule has 2 unspecified atom stereocenters. The highest BCUT2D eigenvalue weighted by Crippen LogP contribution is 2.33. The number of likely N-dealkylation sites (tertiary alicyclic amines) is 1. The average molecular weight is 538 g/mol. The van der Waals surface area contributed by atoms with E-state index in [2.05, 4.69) is 31.7 Å². The molecule has 2 aromatic rings. The molecule has 184 valence electrons. The van der Waals surface area contributed by atoms with Crippen LogP contribution < -0.4 is 16.2 Å². The first kappa shape index (κ1) is 24.8. The summed E-state index contributed by atoms with van der Waals surface area (Å²) < 4.78 is 15.9. The molecule has 1 aromatic carbocycles. The van der Waals surface area contributed by atoms with Crippen LogP contribution in [0.15, 0.2) is 33.5 Å². The quantitative estimate of drug-likeness (QED) is 0.444. The summed E-state index contributed by atoms with van der Waals surface area (Å²) in [6.07, 6.45) is 2.43. The lowest BCUT2D eigenvalue weighted by atomic mass is 9.85. The number of amides is 1. The smallest absolute Gasteiger partial charge is 0.276 e. The maximum atomic E-state index is 14.3. The fourth-order valence-corrected chi connectivity index (χ4v) is 4.91. The zero-order valence-corrected chi connectivity index (χ0v) is 20.9. The third-order valence-corrected chi connectivity index (χ3v) is 7.39. The van der Waals surface area contributed by atoms with Gasteiger partial charge in [0.1, 0.15) is 11.4 Å². The van der Waals surface area contributed by atoms with Gasteiger partial charge in [0, 0.05) is 29.7 Å². The number of β-amino-alcohol motifs (C(OH)–C–C–N with tert-alkyl or cyclic N) is 1. The van der Waals surface area contributed by atoms with Crippen molar-refractivity contribution in [2.75, 3.05) is 18.4 Å². The van der Waals surface area contributed by atoms with Crippen molar-refractivity contribution in [3.63, 3.8) is 0 Å². The van der Waals surface area contributed by atoms with E-state index >= 15 is 0 Å². The number of aryl methyl sites for hydroxylation is 1. The lowest BCUT2D eigenvalue weighted by Gasteiger charge is -2.50. The molecule has 2 aliphatic rings. The molecule has 34 heavy (non-hydrogen) atoms. The van der Waals surface area contributed by atoms with E-state index in [4.69, 9.17) is 0 Å². The third kappa shape index (κ3) is 4.74. The second kappa shape index (κ2) is 9.03. The van der Waals surface area contributed by atoms with Crippen LogP contribution >= 0.6 is 15.9 Å². The van der Waals surface area contributed by atoms with Crippen LogP contribution in [0.1, 0.15) is 43.6 Å². The van der Waals surface area contributed by atoms with Crippen LogP contribution in [0.5, 0.6) is 0 Å². The summed E-state index contributed by atoms with van der Waals surface area (Å²) in [5, 5.41) is 31.8. The number of rotatable bonds is 6. The van der Waals surface area contributed by atoms with Crippen LogP contribution in [0.4, 0.5) is 15.8 Å². The van der Waals surface area contributed by atoms with E-state index in [-0.39, 0.29) is 42.2 Å². The number of carbonyl (C=O) groups is 1. The Hall–Kier alpha value is -2.34. The van der Waals surface area contributed by atoms with Gasteiger partial charge in [-0.2, -0.15) is 5.10 Å². The first-order chi connectivity index (χ1) is 15.9. The maximum Gasteiger partial charge on any atom is 0.276 e. The fraction of sp³-hybridized carbons (Fsp3) is 0.522. The highest BCUT2D eigenvalue weighted by atomic mass is 79.9. The van der Waals surface area contributed by atoms with Gasteiger partial charge in [-0.3, -0.25) is 9.59 Å². The molecule has 9 nitrogen and oxygen atoms in total. The minimum atomic E-state index is -1.17. The molecule has 2 heterocycles.